The summed E-state index contributed by atoms with van der Waals surface area (Å²) in [4.78, 5) is 30.6. The van der Waals surface area contributed by atoms with E-state index in [1.165, 1.54) is 86.1 Å². The molecule has 0 saturated heterocycles. The van der Waals surface area contributed by atoms with Crippen LogP contribution in [0.25, 0.3) is 53.2 Å². The molecule has 0 aliphatic heterocycles. The molecule has 0 aliphatic rings. The highest BCUT2D eigenvalue weighted by molar-refractivity contribution is 9.11. The first-order valence-corrected chi connectivity index (χ1v) is 21.6. The predicted molar refractivity (Wildman–Crippen MR) is 224 cm³/mol. The molecule has 0 bridgehead atoms. The van der Waals surface area contributed by atoms with Gasteiger partial charge in [-0.3, -0.25) is 9.59 Å². The fourth-order valence-corrected chi connectivity index (χ4v) is 10.6. The van der Waals surface area contributed by atoms with Crippen LogP contribution in [0.3, 0.4) is 0 Å². The van der Waals surface area contributed by atoms with Gasteiger partial charge in [0, 0.05) is 31.7 Å². The van der Waals surface area contributed by atoms with Gasteiger partial charge in [0.1, 0.15) is 0 Å². The lowest BCUT2D eigenvalue weighted by Crippen LogP contribution is -2.07. The van der Waals surface area contributed by atoms with Gasteiger partial charge in [-0.1, -0.05) is 98.3 Å². The maximum atomic E-state index is 14.3. The smallest absolute Gasteiger partial charge is 0.195 e. The van der Waals surface area contributed by atoms with E-state index in [0.717, 1.165) is 69.3 Å². The Kier molecular flexibility index (Phi) is 12.3. The van der Waals surface area contributed by atoms with Crippen molar-refractivity contribution in [2.24, 2.45) is 11.8 Å². The summed E-state index contributed by atoms with van der Waals surface area (Å²) in [6.07, 6.45) is 15.3. The van der Waals surface area contributed by atoms with E-state index >= 15 is 0 Å². The lowest BCUT2D eigenvalue weighted by molar-refractivity contribution is 0.441. The first-order valence-electron chi connectivity index (χ1n) is 18.4. The molecule has 0 radical (unpaired) electrons. The van der Waals surface area contributed by atoms with Gasteiger partial charge in [0.2, 0.25) is 0 Å². The van der Waals surface area contributed by atoms with Crippen molar-refractivity contribution < 1.29 is 0 Å². The molecule has 0 spiro atoms. The maximum absolute atomic E-state index is 14.3. The van der Waals surface area contributed by atoms with Gasteiger partial charge in [-0.05, 0) is 138 Å². The normalized spacial score (nSPS) is 13.3. The van der Waals surface area contributed by atoms with Gasteiger partial charge in [0.25, 0.3) is 0 Å². The highest BCUT2D eigenvalue weighted by Crippen LogP contribution is 2.42. The summed E-state index contributed by atoms with van der Waals surface area (Å²) in [5, 5.41) is 6.13. The van der Waals surface area contributed by atoms with Crippen LogP contribution in [0.4, 0.5) is 0 Å². The largest absolute Gasteiger partial charge is 0.289 e. The highest BCUT2D eigenvalue weighted by atomic mass is 79.9. The Bertz CT molecular complexity index is 2150. The lowest BCUT2D eigenvalue weighted by atomic mass is 9.84. The zero-order valence-corrected chi connectivity index (χ0v) is 34.2. The first kappa shape index (κ1) is 36.7. The van der Waals surface area contributed by atoms with Crippen molar-refractivity contribution in [1.82, 2.24) is 0 Å². The van der Waals surface area contributed by atoms with E-state index in [1.807, 2.05) is 12.1 Å². The summed E-state index contributed by atoms with van der Waals surface area (Å²) < 4.78 is 2.06. The summed E-state index contributed by atoms with van der Waals surface area (Å²) in [5.41, 5.74) is 4.33. The number of rotatable bonds is 17. The molecule has 49 heavy (non-hydrogen) atoms. The Morgan fingerprint density at radius 3 is 1.49 bits per heavy atom. The molecule has 4 aromatic carbocycles. The third-order valence-electron chi connectivity index (χ3n) is 10.6. The van der Waals surface area contributed by atoms with Crippen LogP contribution in [0.5, 0.6) is 0 Å². The van der Waals surface area contributed by atoms with Crippen molar-refractivity contribution in [1.29, 1.82) is 0 Å². The molecule has 258 valence electrons. The number of hydrogen-bond donors (Lipinski definition) is 0. The third-order valence-corrected chi connectivity index (χ3v) is 13.9. The summed E-state index contributed by atoms with van der Waals surface area (Å²) in [7, 11) is 0. The minimum Gasteiger partial charge on any atom is -0.289 e. The van der Waals surface area contributed by atoms with E-state index in [-0.39, 0.29) is 10.9 Å². The molecule has 2 atom stereocenters. The molecule has 2 nitrogen and oxygen atoms in total. The van der Waals surface area contributed by atoms with E-state index < -0.39 is 0 Å². The topological polar surface area (TPSA) is 34.1 Å². The number of unbranched alkanes of at least 4 members (excludes halogenated alkanes) is 6. The second-order valence-electron chi connectivity index (χ2n) is 14.2. The molecule has 0 amide bonds. The molecule has 0 saturated carbocycles. The molecule has 0 aliphatic carbocycles. The number of halogens is 2. The Labute approximate surface area is 316 Å². The molecule has 6 aromatic rings. The molecule has 2 aromatic heterocycles. The number of thiophene rings is 2. The van der Waals surface area contributed by atoms with Crippen molar-refractivity contribution in [3.63, 3.8) is 0 Å². The van der Waals surface area contributed by atoms with Crippen LogP contribution in [0.2, 0.25) is 0 Å². The minimum atomic E-state index is 0.122. The lowest BCUT2D eigenvalue weighted by Gasteiger charge is -2.20. The van der Waals surface area contributed by atoms with Gasteiger partial charge >= 0.3 is 0 Å². The summed E-state index contributed by atoms with van der Waals surface area (Å²) in [6.45, 7) is 9.21. The molecule has 2 heterocycles. The molecule has 2 unspecified atom stereocenters. The fourth-order valence-electron chi connectivity index (χ4n) is 7.82. The van der Waals surface area contributed by atoms with Crippen LogP contribution in [-0.4, -0.2) is 0 Å². The predicted octanol–water partition coefficient (Wildman–Crippen LogP) is 14.4. The van der Waals surface area contributed by atoms with Gasteiger partial charge in [0.15, 0.2) is 10.9 Å². The van der Waals surface area contributed by atoms with E-state index in [1.54, 1.807) is 22.7 Å². The minimum absolute atomic E-state index is 0.122. The molecular formula is C43H48Br2O2S2. The first-order chi connectivity index (χ1) is 23.7. The maximum Gasteiger partial charge on any atom is 0.195 e. The average Bonchev–Trinajstić information content (AvgIpc) is 3.87. The number of benzene rings is 2. The number of fused-ring (bicyclic) bond motifs is 3. The van der Waals surface area contributed by atoms with Crippen LogP contribution >= 0.6 is 54.5 Å². The van der Waals surface area contributed by atoms with E-state index in [2.05, 4.69) is 96.0 Å². The molecular weight excluding hydrogens is 772 g/mol. The molecule has 0 fully saturated rings. The van der Waals surface area contributed by atoms with Crippen LogP contribution in [-0.2, 0) is 12.8 Å². The van der Waals surface area contributed by atoms with Crippen LogP contribution in [0, 0.1) is 11.8 Å². The van der Waals surface area contributed by atoms with E-state index in [9.17, 15) is 9.59 Å². The second-order valence-corrected chi connectivity index (χ2v) is 19.1. The van der Waals surface area contributed by atoms with Gasteiger partial charge in [-0.25, -0.2) is 0 Å². The van der Waals surface area contributed by atoms with Crippen molar-refractivity contribution >= 4 is 86.9 Å². The second kappa shape index (κ2) is 16.5. The third kappa shape index (κ3) is 7.88. The zero-order valence-electron chi connectivity index (χ0n) is 29.4. The van der Waals surface area contributed by atoms with Gasteiger partial charge in [-0.2, -0.15) is 0 Å². The van der Waals surface area contributed by atoms with Gasteiger partial charge in [-0.15, -0.1) is 22.7 Å². The van der Waals surface area contributed by atoms with Crippen molar-refractivity contribution in [2.45, 2.75) is 111 Å². The van der Waals surface area contributed by atoms with Gasteiger partial charge < -0.3 is 0 Å². The SMILES string of the molecule is CCCCCCC(C)Cc1c2cc3c(=O)c(-c4ccc(Br)s4)cc3c(CC(CC)CCCCCC)c2cc2c(=O)c(-c3ccc(Br)s3)cc12. The summed E-state index contributed by atoms with van der Waals surface area (Å²) in [5.74, 6) is 0.999. The van der Waals surface area contributed by atoms with Gasteiger partial charge in [0.05, 0.1) is 7.57 Å². The highest BCUT2D eigenvalue weighted by Gasteiger charge is 2.24. The van der Waals surface area contributed by atoms with E-state index in [0.29, 0.717) is 11.8 Å². The monoisotopic (exact) mass is 818 g/mol. The van der Waals surface area contributed by atoms with Crippen LogP contribution in [0.15, 0.2) is 65.7 Å². The van der Waals surface area contributed by atoms with Crippen LogP contribution < -0.4 is 10.9 Å². The molecule has 0 N–H and O–H groups in total. The van der Waals surface area contributed by atoms with Crippen molar-refractivity contribution in [3.05, 3.63) is 87.7 Å². The van der Waals surface area contributed by atoms with E-state index in [4.69, 9.17) is 0 Å². The Morgan fingerprint density at radius 1 is 0.571 bits per heavy atom. The molecule has 6 rings (SSSR count). The Balaban J connectivity index is 1.60. The summed E-state index contributed by atoms with van der Waals surface area (Å²) >= 11 is 10.5. The standard InChI is InChI=1S/C43H48Br2O2S2/c1-5-8-10-12-14-26(4)20-28-30-22-35-33(25-37(43(35)47)39-17-19-41(45)49-39)29(21-27(7-3)15-13-11-9-6-2)31(30)23-34-32(28)24-36(42(34)46)38-16-18-40(44)48-38/h16-19,22-27H,5-15,20-21H2,1-4H3. The average molecular weight is 821 g/mol. The van der Waals surface area contributed by atoms with Crippen LogP contribution in [0.1, 0.15) is 109 Å². The Morgan fingerprint density at radius 2 is 1.04 bits per heavy atom. The Hall–Kier alpha value is -2.12. The number of hydrogen-bond acceptors (Lipinski definition) is 4. The van der Waals surface area contributed by atoms with Crippen molar-refractivity contribution in [2.75, 3.05) is 0 Å². The summed E-state index contributed by atoms with van der Waals surface area (Å²) in [6, 6.07) is 16.9. The fraction of sp³-hybridized carbons (Fsp3) is 0.442. The quantitative estimate of drug-likeness (QED) is 0.0859. The molecule has 6 heteroatoms. The van der Waals surface area contributed by atoms with Crippen molar-refractivity contribution in [3.8, 4) is 20.9 Å². The zero-order chi connectivity index (χ0) is 34.7.